The van der Waals surface area contributed by atoms with Gasteiger partial charge < -0.3 is 20.5 Å². The number of rotatable bonds is 6. The molecule has 1 unspecified atom stereocenters. The van der Waals surface area contributed by atoms with Gasteiger partial charge in [-0.2, -0.15) is 0 Å². The average Bonchev–Trinajstić information content (AvgIpc) is 2.32. The highest BCUT2D eigenvalue weighted by atomic mass is 35.5. The summed E-state index contributed by atoms with van der Waals surface area (Å²) < 4.78 is 5.47. The second-order valence-corrected chi connectivity index (χ2v) is 4.88. The lowest BCUT2D eigenvalue weighted by Crippen LogP contribution is -2.52. The second kappa shape index (κ2) is 8.09. The first-order valence-electron chi connectivity index (χ1n) is 6.51. The average molecular weight is 301 g/mol. The molecule has 1 saturated heterocycles. The molecule has 0 aliphatic carbocycles. The number of halogens is 1. The van der Waals surface area contributed by atoms with Crippen molar-refractivity contribution < 1.29 is 14.6 Å². The Kier molecular flexibility index (Phi) is 6.78. The third kappa shape index (κ3) is 5.00. The largest absolute Gasteiger partial charge is 0.491 e. The van der Waals surface area contributed by atoms with Crippen LogP contribution in [0.5, 0.6) is 5.75 Å². The maximum Gasteiger partial charge on any atom is 0.225 e. The summed E-state index contributed by atoms with van der Waals surface area (Å²) >= 11 is 0. The van der Waals surface area contributed by atoms with Crippen molar-refractivity contribution in [2.24, 2.45) is 5.92 Å². The molecule has 1 aliphatic heterocycles. The van der Waals surface area contributed by atoms with E-state index in [1.807, 2.05) is 31.2 Å². The molecule has 0 bridgehead atoms. The molecule has 1 heterocycles. The van der Waals surface area contributed by atoms with Gasteiger partial charge in [0.1, 0.15) is 18.5 Å². The fourth-order valence-corrected chi connectivity index (χ4v) is 1.79. The minimum Gasteiger partial charge on any atom is -0.491 e. The van der Waals surface area contributed by atoms with Gasteiger partial charge in [0.05, 0.1) is 5.92 Å². The van der Waals surface area contributed by atoms with Crippen molar-refractivity contribution in [2.45, 2.75) is 13.0 Å². The Labute approximate surface area is 125 Å². The number of nitrogens with one attached hydrogen (secondary N) is 2. The summed E-state index contributed by atoms with van der Waals surface area (Å²) in [7, 11) is 0. The highest BCUT2D eigenvalue weighted by Crippen LogP contribution is 2.12. The first kappa shape index (κ1) is 16.8. The van der Waals surface area contributed by atoms with Crippen molar-refractivity contribution in [3.63, 3.8) is 0 Å². The predicted molar refractivity (Wildman–Crippen MR) is 79.3 cm³/mol. The summed E-state index contributed by atoms with van der Waals surface area (Å²) in [6, 6.07) is 7.64. The molecule has 5 nitrogen and oxygen atoms in total. The zero-order valence-corrected chi connectivity index (χ0v) is 12.3. The number of hydrogen-bond donors (Lipinski definition) is 3. The van der Waals surface area contributed by atoms with Gasteiger partial charge in [-0.1, -0.05) is 12.1 Å². The topological polar surface area (TPSA) is 70.6 Å². The number of hydrogen-bond acceptors (Lipinski definition) is 4. The fourth-order valence-electron chi connectivity index (χ4n) is 1.79. The van der Waals surface area contributed by atoms with E-state index >= 15 is 0 Å². The quantitative estimate of drug-likeness (QED) is 0.715. The molecule has 1 aliphatic rings. The van der Waals surface area contributed by atoms with Gasteiger partial charge >= 0.3 is 0 Å². The Balaban J connectivity index is 0.00000200. The molecule has 3 N–H and O–H groups in total. The molecule has 6 heteroatoms. The molecule has 1 amide bonds. The molecule has 1 aromatic rings. The summed E-state index contributed by atoms with van der Waals surface area (Å²) in [6.07, 6.45) is -0.697. The van der Waals surface area contributed by atoms with Crippen LogP contribution in [-0.4, -0.2) is 43.4 Å². The highest BCUT2D eigenvalue weighted by Gasteiger charge is 2.24. The van der Waals surface area contributed by atoms with Crippen LogP contribution in [0.3, 0.4) is 0 Å². The van der Waals surface area contributed by atoms with E-state index in [1.54, 1.807) is 0 Å². The van der Waals surface area contributed by atoms with E-state index in [0.717, 1.165) is 24.4 Å². The van der Waals surface area contributed by atoms with Gasteiger partial charge in [0, 0.05) is 19.6 Å². The Bertz CT molecular complexity index is 438. The van der Waals surface area contributed by atoms with Gasteiger partial charge in [-0.25, -0.2) is 0 Å². The zero-order chi connectivity index (χ0) is 13.7. The molecular formula is C14H21ClN2O3. The van der Waals surface area contributed by atoms with Crippen LogP contribution in [0, 0.1) is 12.8 Å². The standard InChI is InChI=1S/C14H20N2O3.ClH/c1-10-3-2-4-13(5-10)19-9-12(17)8-16-14(18)11-6-15-7-11;/h2-5,11-12,15,17H,6-9H2,1H3,(H,16,18);1H. The van der Waals surface area contributed by atoms with Gasteiger partial charge in [-0.15, -0.1) is 12.4 Å². The Hall–Kier alpha value is -1.30. The normalized spacial score (nSPS) is 15.7. The molecule has 1 atom stereocenters. The maximum absolute atomic E-state index is 11.5. The third-order valence-corrected chi connectivity index (χ3v) is 3.10. The van der Waals surface area contributed by atoms with E-state index < -0.39 is 6.10 Å². The first-order chi connectivity index (χ1) is 9.15. The molecule has 112 valence electrons. The maximum atomic E-state index is 11.5. The number of aliphatic hydroxyl groups is 1. The number of carbonyl (C=O) groups excluding carboxylic acids is 1. The first-order valence-corrected chi connectivity index (χ1v) is 6.51. The molecule has 0 aromatic heterocycles. The Morgan fingerprint density at radius 2 is 2.30 bits per heavy atom. The lowest BCUT2D eigenvalue weighted by atomic mass is 10.0. The second-order valence-electron chi connectivity index (χ2n) is 4.88. The van der Waals surface area contributed by atoms with Crippen LogP contribution >= 0.6 is 12.4 Å². The summed E-state index contributed by atoms with van der Waals surface area (Å²) in [5.74, 6) is 0.770. The van der Waals surface area contributed by atoms with Crippen LogP contribution < -0.4 is 15.4 Å². The van der Waals surface area contributed by atoms with Crippen molar-refractivity contribution in [3.8, 4) is 5.75 Å². The van der Waals surface area contributed by atoms with Gasteiger partial charge in [0.2, 0.25) is 5.91 Å². The van der Waals surface area contributed by atoms with Crippen molar-refractivity contribution >= 4 is 18.3 Å². The lowest BCUT2D eigenvalue weighted by Gasteiger charge is -2.26. The van der Waals surface area contributed by atoms with Crippen LogP contribution in [0.1, 0.15) is 5.56 Å². The van der Waals surface area contributed by atoms with Crippen molar-refractivity contribution in [1.82, 2.24) is 10.6 Å². The molecule has 0 saturated carbocycles. The van der Waals surface area contributed by atoms with E-state index in [9.17, 15) is 9.90 Å². The van der Waals surface area contributed by atoms with Gasteiger partial charge in [-0.3, -0.25) is 4.79 Å². The van der Waals surface area contributed by atoms with Gasteiger partial charge in [-0.05, 0) is 24.6 Å². The minimum atomic E-state index is -0.697. The number of aliphatic hydroxyl groups excluding tert-OH is 1. The molecule has 2 rings (SSSR count). The lowest BCUT2D eigenvalue weighted by molar-refractivity contribution is -0.126. The van der Waals surface area contributed by atoms with E-state index in [2.05, 4.69) is 10.6 Å². The molecule has 1 aromatic carbocycles. The van der Waals surface area contributed by atoms with Crippen LogP contribution in [0.25, 0.3) is 0 Å². The van der Waals surface area contributed by atoms with E-state index in [0.29, 0.717) is 0 Å². The van der Waals surface area contributed by atoms with Gasteiger partial charge in [0.25, 0.3) is 0 Å². The third-order valence-electron chi connectivity index (χ3n) is 3.10. The van der Waals surface area contributed by atoms with Crippen LogP contribution in [0.2, 0.25) is 0 Å². The van der Waals surface area contributed by atoms with Crippen molar-refractivity contribution in [3.05, 3.63) is 29.8 Å². The Morgan fingerprint density at radius 1 is 1.55 bits per heavy atom. The van der Waals surface area contributed by atoms with Crippen molar-refractivity contribution in [1.29, 1.82) is 0 Å². The van der Waals surface area contributed by atoms with E-state index in [4.69, 9.17) is 4.74 Å². The molecule has 0 radical (unpaired) electrons. The number of amides is 1. The Morgan fingerprint density at radius 3 is 2.90 bits per heavy atom. The summed E-state index contributed by atoms with van der Waals surface area (Å²) in [5, 5.41) is 15.5. The highest BCUT2D eigenvalue weighted by molar-refractivity contribution is 5.85. The van der Waals surface area contributed by atoms with Gasteiger partial charge in [0.15, 0.2) is 0 Å². The summed E-state index contributed by atoms with van der Waals surface area (Å²) in [6.45, 7) is 3.83. The number of aryl methyl sites for hydroxylation is 1. The fraction of sp³-hybridized carbons (Fsp3) is 0.500. The van der Waals surface area contributed by atoms with E-state index in [-0.39, 0.29) is 37.4 Å². The van der Waals surface area contributed by atoms with Crippen molar-refractivity contribution in [2.75, 3.05) is 26.2 Å². The van der Waals surface area contributed by atoms with Crippen LogP contribution in [-0.2, 0) is 4.79 Å². The number of benzene rings is 1. The zero-order valence-electron chi connectivity index (χ0n) is 11.5. The minimum absolute atomic E-state index is 0. The van der Waals surface area contributed by atoms with Crippen LogP contribution in [0.15, 0.2) is 24.3 Å². The van der Waals surface area contributed by atoms with Crippen LogP contribution in [0.4, 0.5) is 0 Å². The monoisotopic (exact) mass is 300 g/mol. The van der Waals surface area contributed by atoms with E-state index in [1.165, 1.54) is 0 Å². The summed E-state index contributed by atoms with van der Waals surface area (Å²) in [5.41, 5.74) is 1.11. The predicted octanol–water partition coefficient (Wildman–Crippen LogP) is 0.492. The smallest absolute Gasteiger partial charge is 0.225 e. The molecular weight excluding hydrogens is 280 g/mol. The molecule has 20 heavy (non-hydrogen) atoms. The molecule has 0 spiro atoms. The summed E-state index contributed by atoms with van der Waals surface area (Å²) in [4.78, 5) is 11.5. The number of carbonyl (C=O) groups is 1. The molecule has 1 fully saturated rings. The SMILES string of the molecule is Cc1cccc(OCC(O)CNC(=O)C2CNC2)c1.Cl. The number of ether oxygens (including phenoxy) is 1.